The van der Waals surface area contributed by atoms with Gasteiger partial charge in [0.15, 0.2) is 17.2 Å². The summed E-state index contributed by atoms with van der Waals surface area (Å²) in [5.74, 6) is 0.592. The zero-order chi connectivity index (χ0) is 30.5. The molecule has 3 N–H and O–H groups in total. The lowest BCUT2D eigenvalue weighted by Gasteiger charge is -2.25. The zero-order valence-electron chi connectivity index (χ0n) is 24.3. The Balaban J connectivity index is 1.19. The zero-order valence-corrected chi connectivity index (χ0v) is 24.3. The van der Waals surface area contributed by atoms with Crippen LogP contribution in [-0.4, -0.2) is 75.2 Å². The van der Waals surface area contributed by atoms with Crippen molar-refractivity contribution in [3.05, 3.63) is 83.2 Å². The van der Waals surface area contributed by atoms with Crippen LogP contribution in [0.1, 0.15) is 34.2 Å². The van der Waals surface area contributed by atoms with Gasteiger partial charge in [-0.15, -0.1) is 5.10 Å². The van der Waals surface area contributed by atoms with Gasteiger partial charge in [0, 0.05) is 25.2 Å². The number of carbonyl (C=O) groups excluding carboxylic acids is 1. The average molecular weight is 598 g/mol. The van der Waals surface area contributed by atoms with E-state index in [0.717, 1.165) is 21.9 Å². The molecule has 14 nitrogen and oxygen atoms in total. The summed E-state index contributed by atoms with van der Waals surface area (Å²) >= 11 is 0. The van der Waals surface area contributed by atoms with Crippen LogP contribution in [0, 0.1) is 0 Å². The molecule has 1 fully saturated rings. The molecule has 0 spiro atoms. The minimum atomic E-state index is -0.554. The molecule has 1 saturated heterocycles. The van der Waals surface area contributed by atoms with E-state index < -0.39 is 5.91 Å². The predicted octanol–water partition coefficient (Wildman–Crippen LogP) is 2.96. The van der Waals surface area contributed by atoms with Crippen molar-refractivity contribution in [2.24, 2.45) is 5.10 Å². The lowest BCUT2D eigenvalue weighted by atomic mass is 10.1. The van der Waals surface area contributed by atoms with Gasteiger partial charge >= 0.3 is 0 Å². The summed E-state index contributed by atoms with van der Waals surface area (Å²) in [6.07, 6.45) is 0. The molecule has 6 rings (SSSR count). The molecule has 2 aromatic heterocycles. The van der Waals surface area contributed by atoms with Gasteiger partial charge in [0.2, 0.25) is 11.6 Å². The van der Waals surface area contributed by atoms with Crippen LogP contribution in [0.4, 0.5) is 5.82 Å². The summed E-state index contributed by atoms with van der Waals surface area (Å²) in [6.45, 7) is 5.10. The quantitative estimate of drug-likeness (QED) is 0.179. The Morgan fingerprint density at radius 3 is 2.68 bits per heavy atom. The molecular weight excluding hydrogens is 566 g/mol. The maximum atomic E-state index is 13.5. The fraction of sp³-hybridized carbons (Fsp3) is 0.267. The third-order valence-corrected chi connectivity index (χ3v) is 7.30. The lowest BCUT2D eigenvalue weighted by Crippen LogP contribution is -2.36. The second kappa shape index (κ2) is 12.9. The highest BCUT2D eigenvalue weighted by Crippen LogP contribution is 2.30. The van der Waals surface area contributed by atoms with Gasteiger partial charge in [-0.2, -0.15) is 9.78 Å². The van der Waals surface area contributed by atoms with Crippen molar-refractivity contribution < 1.29 is 23.6 Å². The van der Waals surface area contributed by atoms with Crippen LogP contribution in [0.2, 0.25) is 0 Å². The molecule has 0 atom stereocenters. The number of fused-ring (bicyclic) bond motifs is 1. The van der Waals surface area contributed by atoms with Crippen LogP contribution < -0.4 is 20.6 Å². The highest BCUT2D eigenvalue weighted by atomic mass is 16.6. The highest BCUT2D eigenvalue weighted by molar-refractivity contribution is 6.01. The summed E-state index contributed by atoms with van der Waals surface area (Å²) in [7, 11) is 1.58. The van der Waals surface area contributed by atoms with Crippen LogP contribution in [0.25, 0.3) is 16.6 Å². The molecule has 0 bridgehead atoms. The minimum absolute atomic E-state index is 0.0311. The molecule has 14 heteroatoms. The van der Waals surface area contributed by atoms with Crippen LogP contribution >= 0.6 is 0 Å². The lowest BCUT2D eigenvalue weighted by molar-refractivity contribution is 0.0335. The van der Waals surface area contributed by atoms with Gasteiger partial charge in [-0.25, -0.2) is 10.1 Å². The van der Waals surface area contributed by atoms with Gasteiger partial charge in [0.05, 0.1) is 26.0 Å². The molecule has 1 amide bonds. The molecule has 1 aliphatic rings. The SMILES string of the molecule is COc1cc(/C(C)=N/NC(=O)c2c(CN3CCOCC3)nnn2-c2nonc2N)ccc1OCc1cccc2ccccc12. The molecule has 1 aliphatic heterocycles. The van der Waals surface area contributed by atoms with Crippen LogP contribution in [0.5, 0.6) is 11.5 Å². The summed E-state index contributed by atoms with van der Waals surface area (Å²) < 4.78 is 23.1. The van der Waals surface area contributed by atoms with Gasteiger partial charge in [-0.1, -0.05) is 47.7 Å². The Morgan fingerprint density at radius 2 is 1.89 bits per heavy atom. The van der Waals surface area contributed by atoms with E-state index in [0.29, 0.717) is 62.4 Å². The predicted molar refractivity (Wildman–Crippen MR) is 161 cm³/mol. The fourth-order valence-electron chi connectivity index (χ4n) is 4.94. The van der Waals surface area contributed by atoms with E-state index >= 15 is 0 Å². The maximum absolute atomic E-state index is 13.5. The monoisotopic (exact) mass is 597 g/mol. The van der Waals surface area contributed by atoms with Crippen molar-refractivity contribution in [1.29, 1.82) is 0 Å². The number of aromatic nitrogens is 5. The van der Waals surface area contributed by atoms with E-state index in [9.17, 15) is 4.79 Å². The summed E-state index contributed by atoms with van der Waals surface area (Å²) in [5.41, 5.74) is 11.4. The number of benzene rings is 3. The first kappa shape index (κ1) is 28.8. The van der Waals surface area contributed by atoms with Crippen LogP contribution in [-0.2, 0) is 17.9 Å². The van der Waals surface area contributed by atoms with Gasteiger partial charge in [0.1, 0.15) is 12.3 Å². The number of methoxy groups -OCH3 is 1. The molecule has 0 radical (unpaired) electrons. The normalized spacial score (nSPS) is 14.1. The second-order valence-electron chi connectivity index (χ2n) is 10.1. The average Bonchev–Trinajstić information content (AvgIpc) is 3.68. The number of nitrogens with zero attached hydrogens (tertiary/aromatic N) is 7. The van der Waals surface area contributed by atoms with Gasteiger partial charge < -0.3 is 19.9 Å². The third-order valence-electron chi connectivity index (χ3n) is 7.30. The summed E-state index contributed by atoms with van der Waals surface area (Å²) in [6, 6.07) is 19.8. The van der Waals surface area contributed by atoms with Crippen molar-refractivity contribution >= 4 is 28.2 Å². The number of hydrogen-bond acceptors (Lipinski definition) is 12. The van der Waals surface area contributed by atoms with Crippen molar-refractivity contribution in [2.45, 2.75) is 20.1 Å². The molecule has 44 heavy (non-hydrogen) atoms. The first-order chi connectivity index (χ1) is 21.5. The van der Waals surface area contributed by atoms with Gasteiger partial charge in [-0.3, -0.25) is 9.69 Å². The number of nitrogens with two attached hydrogens (primary N) is 1. The number of anilines is 1. The van der Waals surface area contributed by atoms with E-state index in [1.54, 1.807) is 20.1 Å². The number of amides is 1. The number of nitrogens with one attached hydrogen (secondary N) is 1. The number of hydrazone groups is 1. The molecule has 3 heterocycles. The smallest absolute Gasteiger partial charge is 0.292 e. The Labute approximate surface area is 252 Å². The van der Waals surface area contributed by atoms with Crippen molar-refractivity contribution in [3.63, 3.8) is 0 Å². The number of morpholine rings is 1. The maximum Gasteiger partial charge on any atom is 0.292 e. The molecule has 3 aromatic carbocycles. The number of rotatable bonds is 10. The van der Waals surface area contributed by atoms with Crippen molar-refractivity contribution in [1.82, 2.24) is 35.6 Å². The number of ether oxygens (including phenoxy) is 3. The number of carbonyl (C=O) groups is 1. The number of nitrogen functional groups attached to an aromatic ring is 1. The Bertz CT molecular complexity index is 1800. The topological polar surface area (TPSA) is 168 Å². The largest absolute Gasteiger partial charge is 0.493 e. The third kappa shape index (κ3) is 6.07. The molecular formula is C30H31N9O5. The highest BCUT2D eigenvalue weighted by Gasteiger charge is 2.27. The first-order valence-electron chi connectivity index (χ1n) is 14.0. The molecule has 0 unspecified atom stereocenters. The van der Waals surface area contributed by atoms with E-state index in [2.05, 4.69) is 54.3 Å². The van der Waals surface area contributed by atoms with Gasteiger partial charge in [0.25, 0.3) is 5.91 Å². The molecule has 226 valence electrons. The van der Waals surface area contributed by atoms with Crippen LogP contribution in [0.15, 0.2) is 70.4 Å². The summed E-state index contributed by atoms with van der Waals surface area (Å²) in [4.78, 5) is 15.6. The Kier molecular flexibility index (Phi) is 8.43. The van der Waals surface area contributed by atoms with E-state index in [1.165, 1.54) is 4.68 Å². The van der Waals surface area contributed by atoms with Crippen molar-refractivity contribution in [2.75, 3.05) is 39.1 Å². The first-order valence-corrected chi connectivity index (χ1v) is 14.0. The van der Waals surface area contributed by atoms with E-state index in [-0.39, 0.29) is 17.3 Å². The van der Waals surface area contributed by atoms with Crippen molar-refractivity contribution in [3.8, 4) is 17.3 Å². The second-order valence-corrected chi connectivity index (χ2v) is 10.1. The Hall–Kier alpha value is -5.34. The molecule has 5 aromatic rings. The molecule has 0 saturated carbocycles. The number of hydrogen-bond donors (Lipinski definition) is 2. The summed E-state index contributed by atoms with van der Waals surface area (Å²) in [5, 5.41) is 22.3. The fourth-order valence-corrected chi connectivity index (χ4v) is 4.94. The minimum Gasteiger partial charge on any atom is -0.493 e. The van der Waals surface area contributed by atoms with E-state index in [1.807, 2.05) is 36.4 Å². The Morgan fingerprint density at radius 1 is 1.07 bits per heavy atom. The van der Waals surface area contributed by atoms with E-state index in [4.69, 9.17) is 24.6 Å². The van der Waals surface area contributed by atoms with Crippen LogP contribution in [0.3, 0.4) is 0 Å². The standard InChI is InChI=1S/C30H31N9O5/c1-19(21-10-11-25(26(16-21)41-2)43-18-22-8-5-7-20-6-3-4-9-23(20)22)32-34-30(40)27-24(17-38-12-14-42-15-13-38)33-37-39(27)29-28(31)35-44-36-29/h3-11,16H,12-15,17-18H2,1-2H3,(H2,31,35)(H,34,40)/b32-19+. The van der Waals surface area contributed by atoms with Gasteiger partial charge in [-0.05, 0) is 51.8 Å². The molecule has 0 aliphatic carbocycles.